The van der Waals surface area contributed by atoms with E-state index in [-0.39, 0.29) is 5.91 Å². The van der Waals surface area contributed by atoms with Crippen molar-refractivity contribution in [1.29, 1.82) is 0 Å². The molecule has 0 saturated carbocycles. The van der Waals surface area contributed by atoms with E-state index in [9.17, 15) is 4.79 Å². The maximum atomic E-state index is 12.4. The van der Waals surface area contributed by atoms with Gasteiger partial charge in [-0.2, -0.15) is 0 Å². The molecule has 2 aromatic carbocycles. The van der Waals surface area contributed by atoms with E-state index >= 15 is 0 Å². The lowest BCUT2D eigenvalue weighted by atomic mass is 10.1. The fourth-order valence-corrected chi connectivity index (χ4v) is 2.23. The number of ether oxygens (including phenoxy) is 1. The van der Waals surface area contributed by atoms with Crippen LogP contribution in [-0.4, -0.2) is 18.0 Å². The van der Waals surface area contributed by atoms with Crippen LogP contribution in [0.2, 0.25) is 0 Å². The first kappa shape index (κ1) is 13.1. The van der Waals surface area contributed by atoms with Crippen molar-refractivity contribution in [2.24, 2.45) is 0 Å². The molecule has 104 valence electrons. The van der Waals surface area contributed by atoms with E-state index in [1.165, 1.54) is 0 Å². The number of rotatable bonds is 3. The van der Waals surface area contributed by atoms with E-state index < -0.39 is 0 Å². The molecule has 0 atom stereocenters. The van der Waals surface area contributed by atoms with Crippen molar-refractivity contribution in [3.05, 3.63) is 66.4 Å². The minimum Gasteiger partial charge on any atom is -0.496 e. The molecule has 0 fully saturated rings. The third-order valence-corrected chi connectivity index (χ3v) is 3.26. The highest BCUT2D eigenvalue weighted by Crippen LogP contribution is 2.23. The number of amides is 1. The van der Waals surface area contributed by atoms with Gasteiger partial charge in [-0.25, -0.2) is 4.98 Å². The number of fused-ring (bicyclic) bond motifs is 1. The van der Waals surface area contributed by atoms with Crippen LogP contribution in [0.4, 0.5) is 5.82 Å². The summed E-state index contributed by atoms with van der Waals surface area (Å²) in [5.74, 6) is 0.843. The Labute approximate surface area is 122 Å². The molecular formula is C17H14N2O2. The molecule has 0 aliphatic rings. The summed E-state index contributed by atoms with van der Waals surface area (Å²) in [6, 6.07) is 16.8. The first-order chi connectivity index (χ1) is 10.3. The number of nitrogens with zero attached hydrogens (tertiary/aromatic N) is 1. The molecule has 0 aliphatic heterocycles. The number of anilines is 1. The highest BCUT2D eigenvalue weighted by Gasteiger charge is 2.13. The van der Waals surface area contributed by atoms with Gasteiger partial charge < -0.3 is 10.1 Å². The monoisotopic (exact) mass is 278 g/mol. The Morgan fingerprint density at radius 2 is 1.81 bits per heavy atom. The van der Waals surface area contributed by atoms with E-state index in [1.54, 1.807) is 31.5 Å². The van der Waals surface area contributed by atoms with Gasteiger partial charge in [-0.3, -0.25) is 4.79 Å². The molecule has 1 amide bonds. The largest absolute Gasteiger partial charge is 0.496 e. The number of para-hydroxylation sites is 1. The highest BCUT2D eigenvalue weighted by molar-refractivity contribution is 6.09. The van der Waals surface area contributed by atoms with Crippen LogP contribution in [0.1, 0.15) is 10.4 Å². The third kappa shape index (κ3) is 2.56. The van der Waals surface area contributed by atoms with Crippen LogP contribution in [0.15, 0.2) is 60.8 Å². The first-order valence-corrected chi connectivity index (χ1v) is 6.58. The number of aromatic nitrogens is 1. The molecule has 0 unspecified atom stereocenters. The Kier molecular flexibility index (Phi) is 3.51. The van der Waals surface area contributed by atoms with Crippen LogP contribution >= 0.6 is 0 Å². The normalized spacial score (nSPS) is 10.3. The van der Waals surface area contributed by atoms with Gasteiger partial charge in [0.1, 0.15) is 11.6 Å². The summed E-state index contributed by atoms with van der Waals surface area (Å²) in [6.07, 6.45) is 1.68. The number of methoxy groups -OCH3 is 1. The minimum atomic E-state index is -0.240. The molecule has 0 aliphatic carbocycles. The summed E-state index contributed by atoms with van der Waals surface area (Å²) in [7, 11) is 1.54. The summed E-state index contributed by atoms with van der Waals surface area (Å²) in [5, 5.41) is 4.78. The zero-order valence-electron chi connectivity index (χ0n) is 11.5. The van der Waals surface area contributed by atoms with Crippen LogP contribution in [-0.2, 0) is 0 Å². The maximum absolute atomic E-state index is 12.4. The number of carbonyl (C=O) groups excluding carboxylic acids is 1. The van der Waals surface area contributed by atoms with E-state index in [0.717, 1.165) is 10.8 Å². The van der Waals surface area contributed by atoms with Crippen molar-refractivity contribution in [2.75, 3.05) is 12.4 Å². The number of carbonyl (C=O) groups is 1. The number of benzene rings is 2. The number of hydrogen-bond acceptors (Lipinski definition) is 3. The lowest BCUT2D eigenvalue weighted by Gasteiger charge is -2.10. The predicted molar refractivity (Wildman–Crippen MR) is 82.7 cm³/mol. The van der Waals surface area contributed by atoms with Crippen LogP contribution in [0.5, 0.6) is 5.75 Å². The molecule has 1 heterocycles. The Balaban J connectivity index is 1.97. The topological polar surface area (TPSA) is 51.2 Å². The molecule has 4 heteroatoms. The van der Waals surface area contributed by atoms with Crippen LogP contribution in [0.3, 0.4) is 0 Å². The number of hydrogen-bond donors (Lipinski definition) is 1. The predicted octanol–water partition coefficient (Wildman–Crippen LogP) is 3.50. The quantitative estimate of drug-likeness (QED) is 0.797. The average molecular weight is 278 g/mol. The average Bonchev–Trinajstić information content (AvgIpc) is 2.55. The van der Waals surface area contributed by atoms with Crippen molar-refractivity contribution in [3.8, 4) is 5.75 Å². The first-order valence-electron chi connectivity index (χ1n) is 6.58. The molecule has 1 N–H and O–H groups in total. The third-order valence-electron chi connectivity index (χ3n) is 3.26. The van der Waals surface area contributed by atoms with E-state index in [2.05, 4.69) is 10.3 Å². The van der Waals surface area contributed by atoms with Crippen LogP contribution in [0.25, 0.3) is 10.8 Å². The molecule has 3 rings (SSSR count). The second-order valence-corrected chi connectivity index (χ2v) is 4.54. The van der Waals surface area contributed by atoms with E-state index in [4.69, 9.17) is 4.74 Å². The summed E-state index contributed by atoms with van der Waals surface area (Å²) >= 11 is 0. The second-order valence-electron chi connectivity index (χ2n) is 4.54. The molecule has 21 heavy (non-hydrogen) atoms. The van der Waals surface area contributed by atoms with Crippen molar-refractivity contribution >= 4 is 22.5 Å². The standard InChI is InChI=1S/C17H14N2O2/c1-21-15-9-5-4-8-14(15)17(20)19-16-13-7-3-2-6-12(13)10-11-18-16/h2-11H,1H3,(H,18,19,20). The highest BCUT2D eigenvalue weighted by atomic mass is 16.5. The molecule has 4 nitrogen and oxygen atoms in total. The van der Waals surface area contributed by atoms with E-state index in [0.29, 0.717) is 17.1 Å². The molecule has 3 aromatic rings. The van der Waals surface area contributed by atoms with Gasteiger partial charge >= 0.3 is 0 Å². The summed E-state index contributed by atoms with van der Waals surface area (Å²) < 4.78 is 5.21. The fourth-order valence-electron chi connectivity index (χ4n) is 2.23. The van der Waals surface area contributed by atoms with Gasteiger partial charge in [0.05, 0.1) is 12.7 Å². The lowest BCUT2D eigenvalue weighted by molar-refractivity contribution is 0.102. The van der Waals surface area contributed by atoms with Crippen LogP contribution < -0.4 is 10.1 Å². The van der Waals surface area contributed by atoms with Crippen molar-refractivity contribution in [1.82, 2.24) is 4.98 Å². The van der Waals surface area contributed by atoms with Gasteiger partial charge in [-0.1, -0.05) is 36.4 Å². The Bertz CT molecular complexity index is 794. The molecule has 1 aromatic heterocycles. The van der Waals surface area contributed by atoms with Crippen molar-refractivity contribution in [3.63, 3.8) is 0 Å². The van der Waals surface area contributed by atoms with Gasteiger partial charge in [0.2, 0.25) is 0 Å². The fraction of sp³-hybridized carbons (Fsp3) is 0.0588. The second kappa shape index (κ2) is 5.63. The summed E-state index contributed by atoms with van der Waals surface area (Å²) in [5.41, 5.74) is 0.481. The Morgan fingerprint density at radius 3 is 2.67 bits per heavy atom. The molecule has 0 radical (unpaired) electrons. The SMILES string of the molecule is COc1ccccc1C(=O)Nc1nccc2ccccc12. The van der Waals surface area contributed by atoms with E-state index in [1.807, 2.05) is 36.4 Å². The molecular weight excluding hydrogens is 264 g/mol. The van der Waals surface area contributed by atoms with Crippen molar-refractivity contribution < 1.29 is 9.53 Å². The lowest BCUT2D eigenvalue weighted by Crippen LogP contribution is -2.14. The maximum Gasteiger partial charge on any atom is 0.260 e. The summed E-state index contributed by atoms with van der Waals surface area (Å²) in [4.78, 5) is 16.7. The minimum absolute atomic E-state index is 0.240. The Morgan fingerprint density at radius 1 is 1.05 bits per heavy atom. The molecule has 0 saturated heterocycles. The Hall–Kier alpha value is -2.88. The molecule has 0 bridgehead atoms. The zero-order chi connectivity index (χ0) is 14.7. The van der Waals surface area contributed by atoms with Gasteiger partial charge in [0, 0.05) is 11.6 Å². The smallest absolute Gasteiger partial charge is 0.260 e. The van der Waals surface area contributed by atoms with Crippen LogP contribution in [0, 0.1) is 0 Å². The van der Waals surface area contributed by atoms with Gasteiger partial charge in [0.15, 0.2) is 0 Å². The van der Waals surface area contributed by atoms with Gasteiger partial charge in [0.25, 0.3) is 5.91 Å². The molecule has 0 spiro atoms. The number of pyridine rings is 1. The van der Waals surface area contributed by atoms with Crippen molar-refractivity contribution in [2.45, 2.75) is 0 Å². The number of nitrogens with one attached hydrogen (secondary N) is 1. The van der Waals surface area contributed by atoms with Gasteiger partial charge in [-0.15, -0.1) is 0 Å². The summed E-state index contributed by atoms with van der Waals surface area (Å²) in [6.45, 7) is 0. The van der Waals surface area contributed by atoms with Gasteiger partial charge in [-0.05, 0) is 23.6 Å². The zero-order valence-corrected chi connectivity index (χ0v) is 11.5.